The van der Waals surface area contributed by atoms with Gasteiger partial charge in [-0.2, -0.15) is 0 Å². The van der Waals surface area contributed by atoms with Crippen LogP contribution < -0.4 is 4.74 Å². The Morgan fingerprint density at radius 2 is 2.00 bits per heavy atom. The number of carbonyl (C=O) groups excluding carboxylic acids is 1. The molecule has 2 aromatic rings. The Morgan fingerprint density at radius 1 is 1.24 bits per heavy atom. The van der Waals surface area contributed by atoms with Gasteiger partial charge in [-0.3, -0.25) is 4.79 Å². The standard InChI is InChI=1S/C17H20O3S/c1-5-12-6-7-13(19-3)8-16(12)17(20-4)15-9-14(10-18)21-11(15)2/h6-10,17H,5H2,1-4H3. The summed E-state index contributed by atoms with van der Waals surface area (Å²) in [7, 11) is 3.36. The van der Waals surface area contributed by atoms with Crippen molar-refractivity contribution >= 4 is 17.6 Å². The number of benzene rings is 1. The highest BCUT2D eigenvalue weighted by Crippen LogP contribution is 2.35. The predicted octanol–water partition coefficient (Wildman–Crippen LogP) is 4.18. The molecule has 0 aliphatic heterocycles. The second-order valence-electron chi connectivity index (χ2n) is 4.81. The van der Waals surface area contributed by atoms with Gasteiger partial charge >= 0.3 is 0 Å². The van der Waals surface area contributed by atoms with Gasteiger partial charge in [0, 0.05) is 12.0 Å². The fourth-order valence-corrected chi connectivity index (χ4v) is 3.40. The Bertz CT molecular complexity index is 631. The number of ether oxygens (including phenoxy) is 2. The molecule has 1 aromatic carbocycles. The van der Waals surface area contributed by atoms with Gasteiger partial charge in [-0.1, -0.05) is 13.0 Å². The maximum atomic E-state index is 11.0. The molecule has 1 atom stereocenters. The lowest BCUT2D eigenvalue weighted by Gasteiger charge is -2.20. The van der Waals surface area contributed by atoms with Gasteiger partial charge in [-0.15, -0.1) is 11.3 Å². The van der Waals surface area contributed by atoms with Crippen LogP contribution in [0.25, 0.3) is 0 Å². The molecule has 0 saturated heterocycles. The molecule has 0 radical (unpaired) electrons. The average molecular weight is 304 g/mol. The molecule has 0 bridgehead atoms. The van der Waals surface area contributed by atoms with Crippen LogP contribution in [-0.2, 0) is 11.2 Å². The Labute approximate surface area is 129 Å². The van der Waals surface area contributed by atoms with Crippen LogP contribution in [0.1, 0.15) is 44.3 Å². The largest absolute Gasteiger partial charge is 0.497 e. The van der Waals surface area contributed by atoms with E-state index in [1.807, 2.05) is 25.1 Å². The molecule has 4 heteroatoms. The molecule has 0 aliphatic rings. The molecule has 3 nitrogen and oxygen atoms in total. The number of methoxy groups -OCH3 is 2. The van der Waals surface area contributed by atoms with Gasteiger partial charge in [-0.25, -0.2) is 0 Å². The second-order valence-corrected chi connectivity index (χ2v) is 6.10. The van der Waals surface area contributed by atoms with E-state index < -0.39 is 0 Å². The predicted molar refractivity (Wildman–Crippen MR) is 85.7 cm³/mol. The molecule has 1 unspecified atom stereocenters. The SMILES string of the molecule is CCc1ccc(OC)cc1C(OC)c1cc(C=O)sc1C. The number of aryl methyl sites for hydroxylation is 2. The number of thiophene rings is 1. The summed E-state index contributed by atoms with van der Waals surface area (Å²) in [6.07, 6.45) is 1.63. The van der Waals surface area contributed by atoms with E-state index in [-0.39, 0.29) is 6.10 Å². The topological polar surface area (TPSA) is 35.5 Å². The summed E-state index contributed by atoms with van der Waals surface area (Å²) in [6.45, 7) is 4.14. The number of aldehydes is 1. The summed E-state index contributed by atoms with van der Waals surface area (Å²) in [5.41, 5.74) is 3.37. The third-order valence-electron chi connectivity index (χ3n) is 3.63. The number of hydrogen-bond donors (Lipinski definition) is 0. The van der Waals surface area contributed by atoms with Crippen molar-refractivity contribution in [1.82, 2.24) is 0 Å². The molecular weight excluding hydrogens is 284 g/mol. The van der Waals surface area contributed by atoms with Gasteiger partial charge in [-0.05, 0) is 48.2 Å². The Balaban J connectivity index is 2.54. The number of carbonyl (C=O) groups is 1. The van der Waals surface area contributed by atoms with Crippen molar-refractivity contribution in [2.24, 2.45) is 0 Å². The molecule has 2 rings (SSSR count). The molecule has 1 heterocycles. The van der Waals surface area contributed by atoms with E-state index in [1.54, 1.807) is 14.2 Å². The molecule has 1 aromatic heterocycles. The first-order valence-corrected chi connectivity index (χ1v) is 7.71. The molecule has 0 spiro atoms. The molecule has 0 aliphatic carbocycles. The minimum absolute atomic E-state index is 0.181. The van der Waals surface area contributed by atoms with Crippen molar-refractivity contribution in [2.75, 3.05) is 14.2 Å². The van der Waals surface area contributed by atoms with Crippen molar-refractivity contribution in [3.05, 3.63) is 50.7 Å². The van der Waals surface area contributed by atoms with Gasteiger partial charge in [0.25, 0.3) is 0 Å². The zero-order chi connectivity index (χ0) is 15.4. The summed E-state index contributed by atoms with van der Waals surface area (Å²) in [4.78, 5) is 12.8. The van der Waals surface area contributed by atoms with Crippen LogP contribution >= 0.6 is 11.3 Å². The van der Waals surface area contributed by atoms with E-state index in [2.05, 4.69) is 13.0 Å². The van der Waals surface area contributed by atoms with Gasteiger partial charge in [0.2, 0.25) is 0 Å². The van der Waals surface area contributed by atoms with Crippen LogP contribution in [0.15, 0.2) is 24.3 Å². The highest BCUT2D eigenvalue weighted by Gasteiger charge is 2.21. The van der Waals surface area contributed by atoms with Crippen molar-refractivity contribution < 1.29 is 14.3 Å². The smallest absolute Gasteiger partial charge is 0.160 e. The Kier molecular flexibility index (Phi) is 5.15. The first-order valence-electron chi connectivity index (χ1n) is 6.89. The minimum Gasteiger partial charge on any atom is -0.497 e. The lowest BCUT2D eigenvalue weighted by atomic mass is 9.95. The third-order valence-corrected chi connectivity index (χ3v) is 4.62. The maximum Gasteiger partial charge on any atom is 0.160 e. The lowest BCUT2D eigenvalue weighted by molar-refractivity contribution is 0.112. The zero-order valence-corrected chi connectivity index (χ0v) is 13.6. The van der Waals surface area contributed by atoms with Gasteiger partial charge in [0.05, 0.1) is 12.0 Å². The summed E-state index contributed by atoms with van der Waals surface area (Å²) in [5, 5.41) is 0. The van der Waals surface area contributed by atoms with E-state index in [0.717, 1.165) is 39.3 Å². The summed E-state index contributed by atoms with van der Waals surface area (Å²) in [6, 6.07) is 7.97. The Hall–Kier alpha value is -1.65. The van der Waals surface area contributed by atoms with Crippen LogP contribution in [0.2, 0.25) is 0 Å². The van der Waals surface area contributed by atoms with E-state index in [9.17, 15) is 4.79 Å². The molecule has 21 heavy (non-hydrogen) atoms. The fourth-order valence-electron chi connectivity index (χ4n) is 2.53. The number of rotatable bonds is 6. The average Bonchev–Trinajstić information content (AvgIpc) is 2.89. The monoisotopic (exact) mass is 304 g/mol. The van der Waals surface area contributed by atoms with E-state index in [1.165, 1.54) is 16.9 Å². The van der Waals surface area contributed by atoms with E-state index in [4.69, 9.17) is 9.47 Å². The van der Waals surface area contributed by atoms with Crippen LogP contribution in [0, 0.1) is 6.92 Å². The zero-order valence-electron chi connectivity index (χ0n) is 12.8. The number of hydrogen-bond acceptors (Lipinski definition) is 4. The van der Waals surface area contributed by atoms with Crippen LogP contribution in [0.3, 0.4) is 0 Å². The summed E-state index contributed by atoms with van der Waals surface area (Å²) >= 11 is 1.50. The maximum absolute atomic E-state index is 11.0. The second kappa shape index (κ2) is 6.87. The lowest BCUT2D eigenvalue weighted by Crippen LogP contribution is -2.07. The molecule has 0 fully saturated rings. The molecule has 0 saturated carbocycles. The fraction of sp³-hybridized carbons (Fsp3) is 0.353. The normalized spacial score (nSPS) is 12.2. The third kappa shape index (κ3) is 3.17. The first kappa shape index (κ1) is 15.7. The quantitative estimate of drug-likeness (QED) is 0.751. The molecule has 0 N–H and O–H groups in total. The van der Waals surface area contributed by atoms with Crippen molar-refractivity contribution in [2.45, 2.75) is 26.4 Å². The first-order chi connectivity index (χ1) is 10.1. The molecule has 112 valence electrons. The molecular formula is C17H20O3S. The van der Waals surface area contributed by atoms with E-state index in [0.29, 0.717) is 0 Å². The van der Waals surface area contributed by atoms with Crippen molar-refractivity contribution in [3.63, 3.8) is 0 Å². The van der Waals surface area contributed by atoms with Crippen molar-refractivity contribution in [3.8, 4) is 5.75 Å². The Morgan fingerprint density at radius 3 is 2.52 bits per heavy atom. The van der Waals surface area contributed by atoms with Gasteiger partial charge in [0.15, 0.2) is 6.29 Å². The van der Waals surface area contributed by atoms with Gasteiger partial charge < -0.3 is 9.47 Å². The highest BCUT2D eigenvalue weighted by atomic mass is 32.1. The minimum atomic E-state index is -0.181. The van der Waals surface area contributed by atoms with Crippen molar-refractivity contribution in [1.29, 1.82) is 0 Å². The van der Waals surface area contributed by atoms with Crippen LogP contribution in [0.5, 0.6) is 5.75 Å². The van der Waals surface area contributed by atoms with E-state index >= 15 is 0 Å². The van der Waals surface area contributed by atoms with Gasteiger partial charge in [0.1, 0.15) is 11.9 Å². The highest BCUT2D eigenvalue weighted by molar-refractivity contribution is 7.13. The summed E-state index contributed by atoms with van der Waals surface area (Å²) in [5.74, 6) is 0.813. The van der Waals surface area contributed by atoms with Crippen LogP contribution in [0.4, 0.5) is 0 Å². The summed E-state index contributed by atoms with van der Waals surface area (Å²) < 4.78 is 11.1. The molecule has 0 amide bonds. The van der Waals surface area contributed by atoms with Crippen LogP contribution in [-0.4, -0.2) is 20.5 Å².